The molecule has 1 N–H and O–H groups in total. The smallest absolute Gasteiger partial charge is 0.251 e. The second-order valence-corrected chi connectivity index (χ2v) is 8.64. The van der Waals surface area contributed by atoms with E-state index < -0.39 is 0 Å². The van der Waals surface area contributed by atoms with Crippen LogP contribution < -0.4 is 5.32 Å². The molecule has 3 saturated heterocycles. The predicted octanol–water partition coefficient (Wildman–Crippen LogP) is 2.90. The van der Waals surface area contributed by atoms with Gasteiger partial charge in [0.1, 0.15) is 5.51 Å². The first-order valence-electron chi connectivity index (χ1n) is 8.33. The largest absolute Gasteiger partial charge is 0.348 e. The fourth-order valence-corrected chi connectivity index (χ4v) is 5.00. The fourth-order valence-electron chi connectivity index (χ4n) is 3.55. The number of nitrogens with one attached hydrogen (secondary N) is 1. The molecule has 1 aromatic carbocycles. The third-order valence-corrected chi connectivity index (χ3v) is 6.59. The molecule has 1 amide bonds. The van der Waals surface area contributed by atoms with E-state index in [2.05, 4.69) is 20.4 Å². The summed E-state index contributed by atoms with van der Waals surface area (Å²) in [5, 5.41) is 11.1. The molecular formula is C17H20N4OS2. The Bertz CT molecular complexity index is 667. The molecule has 0 aliphatic carbocycles. The number of nitrogens with zero attached hydrogens (tertiary/aromatic N) is 3. The van der Waals surface area contributed by atoms with E-state index in [1.54, 1.807) is 17.3 Å². The van der Waals surface area contributed by atoms with Crippen LogP contribution in [0, 0.1) is 5.92 Å². The van der Waals surface area contributed by atoms with Crippen LogP contribution in [0.15, 0.2) is 39.0 Å². The molecule has 7 heteroatoms. The molecular weight excluding hydrogens is 340 g/mol. The molecule has 0 radical (unpaired) electrons. The van der Waals surface area contributed by atoms with Crippen molar-refractivity contribution in [3.05, 3.63) is 35.3 Å². The minimum Gasteiger partial charge on any atom is -0.348 e. The summed E-state index contributed by atoms with van der Waals surface area (Å²) >= 11 is 3.09. The van der Waals surface area contributed by atoms with Gasteiger partial charge in [0, 0.05) is 23.0 Å². The van der Waals surface area contributed by atoms with E-state index in [-0.39, 0.29) is 11.9 Å². The third kappa shape index (κ3) is 3.79. The van der Waals surface area contributed by atoms with Crippen molar-refractivity contribution in [3.8, 4) is 0 Å². The lowest BCUT2D eigenvalue weighted by molar-refractivity contribution is 0.0929. The summed E-state index contributed by atoms with van der Waals surface area (Å²) < 4.78 is 0.912. The van der Waals surface area contributed by atoms with Gasteiger partial charge in [-0.3, -0.25) is 4.79 Å². The molecule has 1 atom stereocenters. The average Bonchev–Trinajstić information content (AvgIpc) is 2.94. The van der Waals surface area contributed by atoms with Crippen LogP contribution in [0.2, 0.25) is 0 Å². The van der Waals surface area contributed by atoms with Crippen LogP contribution in [-0.4, -0.2) is 46.7 Å². The van der Waals surface area contributed by atoms with Gasteiger partial charge in [-0.2, -0.15) is 0 Å². The van der Waals surface area contributed by atoms with Crippen molar-refractivity contribution in [2.45, 2.75) is 34.5 Å². The monoisotopic (exact) mass is 360 g/mol. The molecule has 24 heavy (non-hydrogen) atoms. The van der Waals surface area contributed by atoms with Crippen LogP contribution in [0.3, 0.4) is 0 Å². The number of rotatable bonds is 4. The van der Waals surface area contributed by atoms with Crippen molar-refractivity contribution < 1.29 is 4.79 Å². The normalized spacial score (nSPS) is 26.1. The number of aromatic nitrogens is 2. The van der Waals surface area contributed by atoms with Gasteiger partial charge >= 0.3 is 0 Å². The standard InChI is InChI=1S/C17H20N4OS2/c22-16(19-14-9-12-5-7-21(10-14)8-6-12)13-1-3-15(4-2-13)24-17-20-18-11-23-17/h1-4,11-12,14H,5-10H2,(H,19,22). The summed E-state index contributed by atoms with van der Waals surface area (Å²) in [6.07, 6.45) is 3.68. The molecule has 0 spiro atoms. The van der Waals surface area contributed by atoms with Crippen LogP contribution in [0.5, 0.6) is 0 Å². The molecule has 3 fully saturated rings. The Labute approximate surface area is 149 Å². The second-order valence-electron chi connectivity index (χ2n) is 6.48. The number of benzene rings is 1. The molecule has 0 saturated carbocycles. The van der Waals surface area contributed by atoms with Crippen LogP contribution in [-0.2, 0) is 0 Å². The maximum atomic E-state index is 12.5. The van der Waals surface area contributed by atoms with Gasteiger partial charge < -0.3 is 10.2 Å². The van der Waals surface area contributed by atoms with Gasteiger partial charge in [0.15, 0.2) is 4.34 Å². The van der Waals surface area contributed by atoms with Gasteiger partial charge in [-0.1, -0.05) is 23.1 Å². The minimum absolute atomic E-state index is 0.0370. The van der Waals surface area contributed by atoms with E-state index in [1.165, 1.54) is 37.3 Å². The van der Waals surface area contributed by atoms with Crippen molar-refractivity contribution >= 4 is 29.0 Å². The van der Waals surface area contributed by atoms with Crippen molar-refractivity contribution in [1.29, 1.82) is 0 Å². The minimum atomic E-state index is 0.0370. The lowest BCUT2D eigenvalue weighted by Gasteiger charge is -2.26. The molecule has 1 aromatic heterocycles. The Hall–Kier alpha value is -1.44. The first-order chi connectivity index (χ1) is 11.8. The van der Waals surface area contributed by atoms with Crippen LogP contribution >= 0.6 is 23.1 Å². The van der Waals surface area contributed by atoms with Gasteiger partial charge in [0.2, 0.25) is 0 Å². The third-order valence-electron chi connectivity index (χ3n) is 4.80. The van der Waals surface area contributed by atoms with Crippen LogP contribution in [0.1, 0.15) is 29.6 Å². The highest BCUT2D eigenvalue weighted by molar-refractivity contribution is 8.01. The molecule has 4 heterocycles. The highest BCUT2D eigenvalue weighted by Gasteiger charge is 2.29. The van der Waals surface area contributed by atoms with Gasteiger partial charge in [0.25, 0.3) is 5.91 Å². The number of carbonyl (C=O) groups is 1. The maximum absolute atomic E-state index is 12.5. The summed E-state index contributed by atoms with van der Waals surface area (Å²) in [6, 6.07) is 8.01. The molecule has 1 unspecified atom stereocenters. The van der Waals surface area contributed by atoms with E-state index in [0.29, 0.717) is 0 Å². The van der Waals surface area contributed by atoms with Gasteiger partial charge in [0.05, 0.1) is 0 Å². The Balaban J connectivity index is 1.37. The van der Waals surface area contributed by atoms with Crippen molar-refractivity contribution in [3.63, 3.8) is 0 Å². The van der Waals surface area contributed by atoms with Crippen molar-refractivity contribution in [1.82, 2.24) is 20.4 Å². The number of carbonyl (C=O) groups excluding carboxylic acids is 1. The molecule has 2 bridgehead atoms. The fraction of sp³-hybridized carbons (Fsp3) is 0.471. The Morgan fingerprint density at radius 1 is 1.25 bits per heavy atom. The Morgan fingerprint density at radius 2 is 2.04 bits per heavy atom. The predicted molar refractivity (Wildman–Crippen MR) is 95.5 cm³/mol. The SMILES string of the molecule is O=C(NC1CC2CCN(CC2)C1)c1ccc(Sc2nncs2)cc1. The van der Waals surface area contributed by atoms with E-state index in [9.17, 15) is 4.79 Å². The molecule has 126 valence electrons. The first-order valence-corrected chi connectivity index (χ1v) is 10.0. The van der Waals surface area contributed by atoms with E-state index in [0.717, 1.165) is 33.7 Å². The summed E-state index contributed by atoms with van der Waals surface area (Å²) in [7, 11) is 0. The zero-order chi connectivity index (χ0) is 16.4. The molecule has 2 aromatic rings. The molecule has 3 aliphatic heterocycles. The maximum Gasteiger partial charge on any atom is 0.251 e. The summed E-state index contributed by atoms with van der Waals surface area (Å²) in [4.78, 5) is 16.1. The molecule has 3 aliphatic rings. The molecule has 5 rings (SSSR count). The number of hydrogen-bond donors (Lipinski definition) is 1. The van der Waals surface area contributed by atoms with Gasteiger partial charge in [-0.15, -0.1) is 10.2 Å². The highest BCUT2D eigenvalue weighted by atomic mass is 32.2. The average molecular weight is 361 g/mol. The quantitative estimate of drug-likeness (QED) is 0.908. The number of hydrogen-bond acceptors (Lipinski definition) is 6. The van der Waals surface area contributed by atoms with Crippen molar-refractivity contribution in [2.75, 3.05) is 19.6 Å². The Kier molecular flexibility index (Phi) is 4.82. The summed E-state index contributed by atoms with van der Waals surface area (Å²) in [5.74, 6) is 0.815. The van der Waals surface area contributed by atoms with E-state index in [1.807, 2.05) is 24.3 Å². The van der Waals surface area contributed by atoms with E-state index in [4.69, 9.17) is 0 Å². The van der Waals surface area contributed by atoms with Crippen LogP contribution in [0.4, 0.5) is 0 Å². The number of amides is 1. The first kappa shape index (κ1) is 16.1. The number of piperidine rings is 1. The van der Waals surface area contributed by atoms with E-state index >= 15 is 0 Å². The topological polar surface area (TPSA) is 58.1 Å². The van der Waals surface area contributed by atoms with Crippen LogP contribution in [0.25, 0.3) is 0 Å². The lowest BCUT2D eigenvalue weighted by atomic mass is 9.94. The Morgan fingerprint density at radius 3 is 2.75 bits per heavy atom. The highest BCUT2D eigenvalue weighted by Crippen LogP contribution is 2.29. The zero-order valence-electron chi connectivity index (χ0n) is 13.4. The molecule has 5 nitrogen and oxygen atoms in total. The summed E-state index contributed by atoms with van der Waals surface area (Å²) in [6.45, 7) is 3.37. The summed E-state index contributed by atoms with van der Waals surface area (Å²) in [5.41, 5.74) is 2.45. The van der Waals surface area contributed by atoms with Crippen molar-refractivity contribution in [2.24, 2.45) is 5.92 Å². The van der Waals surface area contributed by atoms with Gasteiger partial charge in [-0.25, -0.2) is 0 Å². The number of fused-ring (bicyclic) bond motifs is 4. The van der Waals surface area contributed by atoms with Gasteiger partial charge in [-0.05, 0) is 62.5 Å². The lowest BCUT2D eigenvalue weighted by Crippen LogP contribution is -2.41. The zero-order valence-corrected chi connectivity index (χ0v) is 15.0. The second kappa shape index (κ2) is 7.21.